The van der Waals surface area contributed by atoms with E-state index in [-0.39, 0.29) is 5.92 Å². The third-order valence-electron chi connectivity index (χ3n) is 4.83. The van der Waals surface area contributed by atoms with Crippen LogP contribution in [0.3, 0.4) is 0 Å². The first-order chi connectivity index (χ1) is 9.68. The van der Waals surface area contributed by atoms with Gasteiger partial charge in [-0.15, -0.1) is 0 Å². The molecule has 0 aliphatic carbocycles. The van der Waals surface area contributed by atoms with Crippen molar-refractivity contribution in [1.29, 1.82) is 0 Å². The largest absolute Gasteiger partial charge is 0.385 e. The Kier molecular flexibility index (Phi) is 3.68. The van der Waals surface area contributed by atoms with Crippen molar-refractivity contribution in [2.45, 2.75) is 57.5 Å². The van der Waals surface area contributed by atoms with Gasteiger partial charge < -0.3 is 10.2 Å². The van der Waals surface area contributed by atoms with E-state index in [0.29, 0.717) is 18.0 Å². The van der Waals surface area contributed by atoms with Crippen LogP contribution >= 0.6 is 0 Å². The highest BCUT2D eigenvalue weighted by Crippen LogP contribution is 2.35. The quantitative estimate of drug-likeness (QED) is 0.850. The van der Waals surface area contributed by atoms with Gasteiger partial charge in [0, 0.05) is 24.3 Å². The number of carbonyl (C=O) groups is 1. The molecule has 0 spiro atoms. The number of para-hydroxylation sites is 1. The van der Waals surface area contributed by atoms with Crippen molar-refractivity contribution in [3.05, 3.63) is 29.8 Å². The lowest BCUT2D eigenvalue weighted by molar-refractivity contribution is -0.139. The number of benzene rings is 1. The summed E-state index contributed by atoms with van der Waals surface area (Å²) in [4.78, 5) is 15.2. The fourth-order valence-electron chi connectivity index (χ4n) is 3.76. The molecule has 1 N–H and O–H groups in total. The highest BCUT2D eigenvalue weighted by molar-refractivity contribution is 5.87. The van der Waals surface area contributed by atoms with Gasteiger partial charge in [-0.2, -0.15) is 0 Å². The van der Waals surface area contributed by atoms with Gasteiger partial charge in [0.1, 0.15) is 0 Å². The van der Waals surface area contributed by atoms with E-state index in [9.17, 15) is 4.79 Å². The molecule has 1 unspecified atom stereocenters. The number of anilines is 1. The van der Waals surface area contributed by atoms with Gasteiger partial charge in [0.15, 0.2) is 0 Å². The van der Waals surface area contributed by atoms with Crippen LogP contribution in [0.15, 0.2) is 24.3 Å². The molecule has 1 saturated heterocycles. The van der Waals surface area contributed by atoms with Crippen molar-refractivity contribution in [3.8, 4) is 0 Å². The normalized spacial score (nSPS) is 29.5. The van der Waals surface area contributed by atoms with Crippen LogP contribution in [-0.2, 0) is 4.79 Å². The Morgan fingerprint density at radius 1 is 1.15 bits per heavy atom. The molecule has 0 radical (unpaired) electrons. The molecule has 1 aromatic rings. The molecule has 2 aliphatic rings. The van der Waals surface area contributed by atoms with Gasteiger partial charge in [-0.3, -0.25) is 4.79 Å². The maximum Gasteiger partial charge on any atom is 0.230 e. The van der Waals surface area contributed by atoms with Crippen molar-refractivity contribution in [2.24, 2.45) is 0 Å². The lowest BCUT2D eigenvalue weighted by Crippen LogP contribution is -2.50. The second-order valence-electron chi connectivity index (χ2n) is 6.23. The monoisotopic (exact) mass is 272 g/mol. The van der Waals surface area contributed by atoms with E-state index in [4.69, 9.17) is 0 Å². The van der Waals surface area contributed by atoms with Crippen LogP contribution < -0.4 is 5.32 Å². The predicted octanol–water partition coefficient (Wildman–Crippen LogP) is 3.38. The molecule has 0 saturated carbocycles. The smallest absolute Gasteiger partial charge is 0.230 e. The second kappa shape index (κ2) is 5.47. The van der Waals surface area contributed by atoms with Gasteiger partial charge >= 0.3 is 0 Å². The van der Waals surface area contributed by atoms with Gasteiger partial charge in [0.2, 0.25) is 5.91 Å². The standard InChI is InChI=1S/C17H24N2O/c1-12-6-5-7-13(2)19(12)17(20)15-10-11-18-16-9-4-3-8-14(15)16/h3-4,8-9,12-13,15,18H,5-7,10-11H2,1-2H3/t12-,13+,15?. The molecule has 3 heteroatoms. The zero-order chi connectivity index (χ0) is 14.1. The molecule has 3 rings (SSSR count). The van der Waals surface area contributed by atoms with Crippen LogP contribution in [0.1, 0.15) is 51.0 Å². The molecule has 20 heavy (non-hydrogen) atoms. The number of amides is 1. The van der Waals surface area contributed by atoms with Gasteiger partial charge in [0.25, 0.3) is 0 Å². The van der Waals surface area contributed by atoms with E-state index < -0.39 is 0 Å². The number of fused-ring (bicyclic) bond motifs is 1. The number of likely N-dealkylation sites (tertiary alicyclic amines) is 1. The summed E-state index contributed by atoms with van der Waals surface area (Å²) in [7, 11) is 0. The molecule has 108 valence electrons. The van der Waals surface area contributed by atoms with E-state index in [1.165, 1.54) is 12.0 Å². The Morgan fingerprint density at radius 3 is 2.60 bits per heavy atom. The zero-order valence-corrected chi connectivity index (χ0v) is 12.4. The maximum absolute atomic E-state index is 13.0. The number of hydrogen-bond acceptors (Lipinski definition) is 2. The van der Waals surface area contributed by atoms with Crippen LogP contribution in [-0.4, -0.2) is 29.4 Å². The number of nitrogens with one attached hydrogen (secondary N) is 1. The zero-order valence-electron chi connectivity index (χ0n) is 12.4. The first kappa shape index (κ1) is 13.5. The molecule has 2 aliphatic heterocycles. The van der Waals surface area contributed by atoms with Crippen LogP contribution in [0.5, 0.6) is 0 Å². The first-order valence-corrected chi connectivity index (χ1v) is 7.83. The average Bonchev–Trinajstić information content (AvgIpc) is 2.46. The van der Waals surface area contributed by atoms with Crippen LogP contribution in [0, 0.1) is 0 Å². The topological polar surface area (TPSA) is 32.3 Å². The number of piperidine rings is 1. The summed E-state index contributed by atoms with van der Waals surface area (Å²) >= 11 is 0. The van der Waals surface area contributed by atoms with E-state index >= 15 is 0 Å². The molecular formula is C17H24N2O. The van der Waals surface area contributed by atoms with E-state index in [2.05, 4.69) is 36.2 Å². The Balaban J connectivity index is 1.88. The van der Waals surface area contributed by atoms with Crippen molar-refractivity contribution < 1.29 is 4.79 Å². The summed E-state index contributed by atoms with van der Waals surface area (Å²) in [6, 6.07) is 9.02. The minimum Gasteiger partial charge on any atom is -0.385 e. The van der Waals surface area contributed by atoms with Crippen molar-refractivity contribution in [3.63, 3.8) is 0 Å². The fourth-order valence-corrected chi connectivity index (χ4v) is 3.76. The number of nitrogens with zero attached hydrogens (tertiary/aromatic N) is 1. The Hall–Kier alpha value is -1.51. The van der Waals surface area contributed by atoms with Crippen LogP contribution in [0.4, 0.5) is 5.69 Å². The highest BCUT2D eigenvalue weighted by Gasteiger charge is 2.35. The van der Waals surface area contributed by atoms with Crippen molar-refractivity contribution in [2.75, 3.05) is 11.9 Å². The summed E-state index contributed by atoms with van der Waals surface area (Å²) in [6.45, 7) is 5.28. The van der Waals surface area contributed by atoms with Crippen molar-refractivity contribution >= 4 is 11.6 Å². The van der Waals surface area contributed by atoms with Crippen LogP contribution in [0.25, 0.3) is 0 Å². The summed E-state index contributed by atoms with van der Waals surface area (Å²) in [5.41, 5.74) is 2.31. The molecule has 3 atom stereocenters. The maximum atomic E-state index is 13.0. The molecule has 0 aromatic heterocycles. The molecule has 3 nitrogen and oxygen atoms in total. The third-order valence-corrected chi connectivity index (χ3v) is 4.83. The van der Waals surface area contributed by atoms with Crippen molar-refractivity contribution in [1.82, 2.24) is 4.90 Å². The minimum absolute atomic E-state index is 0.0375. The highest BCUT2D eigenvalue weighted by atomic mass is 16.2. The molecule has 1 aromatic carbocycles. The molecular weight excluding hydrogens is 248 g/mol. The SMILES string of the molecule is C[C@@H]1CCC[C@H](C)N1C(=O)C1CCNc2ccccc21. The van der Waals surface area contributed by atoms with E-state index in [1.807, 2.05) is 12.1 Å². The Bertz CT molecular complexity index is 490. The molecule has 1 fully saturated rings. The lowest BCUT2D eigenvalue weighted by atomic mass is 9.87. The van der Waals surface area contributed by atoms with E-state index in [1.54, 1.807) is 0 Å². The average molecular weight is 272 g/mol. The third kappa shape index (κ3) is 2.30. The van der Waals surface area contributed by atoms with Crippen LogP contribution in [0.2, 0.25) is 0 Å². The number of rotatable bonds is 1. The van der Waals surface area contributed by atoms with Gasteiger partial charge in [0.05, 0.1) is 5.92 Å². The number of hydrogen-bond donors (Lipinski definition) is 1. The number of carbonyl (C=O) groups excluding carboxylic acids is 1. The summed E-state index contributed by atoms with van der Waals surface area (Å²) < 4.78 is 0. The second-order valence-corrected chi connectivity index (χ2v) is 6.23. The lowest BCUT2D eigenvalue weighted by Gasteiger charge is -2.42. The fraction of sp³-hybridized carbons (Fsp3) is 0.588. The summed E-state index contributed by atoms with van der Waals surface area (Å²) in [5, 5.41) is 3.40. The minimum atomic E-state index is 0.0375. The predicted molar refractivity (Wildman–Crippen MR) is 81.9 cm³/mol. The van der Waals surface area contributed by atoms with E-state index in [0.717, 1.165) is 31.5 Å². The Labute approximate surface area is 121 Å². The molecule has 0 bridgehead atoms. The molecule has 2 heterocycles. The van der Waals surface area contributed by atoms with Gasteiger partial charge in [-0.1, -0.05) is 18.2 Å². The van der Waals surface area contributed by atoms with Gasteiger partial charge in [-0.25, -0.2) is 0 Å². The summed E-state index contributed by atoms with van der Waals surface area (Å²) in [6.07, 6.45) is 4.44. The Morgan fingerprint density at radius 2 is 1.85 bits per heavy atom. The first-order valence-electron chi connectivity index (χ1n) is 7.83. The molecule has 1 amide bonds. The van der Waals surface area contributed by atoms with Gasteiger partial charge in [-0.05, 0) is 51.2 Å². The summed E-state index contributed by atoms with van der Waals surface area (Å²) in [5.74, 6) is 0.370.